The van der Waals surface area contributed by atoms with Crippen LogP contribution < -0.4 is 15.4 Å². The minimum atomic E-state index is -4.41. The minimum absolute atomic E-state index is 0. The molecule has 0 bridgehead atoms. The molecule has 2 N–H and O–H groups in total. The van der Waals surface area contributed by atoms with Gasteiger partial charge in [0, 0.05) is 29.9 Å². The van der Waals surface area contributed by atoms with Gasteiger partial charge in [0.1, 0.15) is 5.75 Å². The molecule has 0 saturated carbocycles. The molecule has 3 aromatic rings. The molecule has 1 aromatic heterocycles. The zero-order chi connectivity index (χ0) is 27.0. The molecule has 1 amide bonds. The maximum atomic E-state index is 13.3. The van der Waals surface area contributed by atoms with Crippen LogP contribution in [-0.2, 0) is 16.5 Å². The number of benzene rings is 2. The molecule has 206 valence electrons. The van der Waals surface area contributed by atoms with Crippen molar-refractivity contribution >= 4 is 24.0 Å². The highest BCUT2D eigenvalue weighted by Crippen LogP contribution is 2.41. The number of halogens is 4. The van der Waals surface area contributed by atoms with Crippen LogP contribution in [0.3, 0.4) is 0 Å². The Bertz CT molecular complexity index is 1240. The van der Waals surface area contributed by atoms with Crippen molar-refractivity contribution in [2.75, 3.05) is 5.32 Å². The fourth-order valence-corrected chi connectivity index (χ4v) is 4.53. The van der Waals surface area contributed by atoms with E-state index in [2.05, 4.69) is 10.6 Å². The summed E-state index contributed by atoms with van der Waals surface area (Å²) in [4.78, 5) is 13.3. The molecule has 1 aliphatic heterocycles. The van der Waals surface area contributed by atoms with Gasteiger partial charge in [-0.25, -0.2) is 0 Å². The van der Waals surface area contributed by atoms with E-state index in [0.29, 0.717) is 23.4 Å². The standard InChI is InChI=1S/C28H33F3N4O2.ClH/c1-17(2)37-21-8-6-7-20(15-21)32-26(36)24-16-22(23-13-14-35(34-23)27(3,4)5)25(33-24)18-9-11-19(12-10-18)28(29,30)31;/h6-15,17,22,24-25,33H,16H2,1-5H3,(H,32,36);1H/t22?,24-,25-;/m0./s1. The lowest BCUT2D eigenvalue weighted by Gasteiger charge is -2.21. The first-order valence-corrected chi connectivity index (χ1v) is 12.4. The van der Waals surface area contributed by atoms with Gasteiger partial charge in [0.05, 0.1) is 28.9 Å². The second-order valence-corrected chi connectivity index (χ2v) is 10.7. The van der Waals surface area contributed by atoms with Gasteiger partial charge in [-0.05, 0) is 76.9 Å². The Morgan fingerprint density at radius 2 is 1.79 bits per heavy atom. The number of hydrogen-bond acceptors (Lipinski definition) is 4. The van der Waals surface area contributed by atoms with E-state index in [1.165, 1.54) is 12.1 Å². The number of rotatable bonds is 6. The number of anilines is 1. The fourth-order valence-electron chi connectivity index (χ4n) is 4.53. The molecule has 3 atom stereocenters. The molecule has 1 saturated heterocycles. The smallest absolute Gasteiger partial charge is 0.416 e. The van der Waals surface area contributed by atoms with Crippen LogP contribution in [0, 0.1) is 0 Å². The van der Waals surface area contributed by atoms with Crippen molar-refractivity contribution in [1.29, 1.82) is 0 Å². The summed E-state index contributed by atoms with van der Waals surface area (Å²) in [5.41, 5.74) is 1.13. The van der Waals surface area contributed by atoms with Crippen molar-refractivity contribution in [2.24, 2.45) is 0 Å². The number of alkyl halides is 3. The third kappa shape index (κ3) is 6.88. The molecule has 2 aromatic carbocycles. The summed E-state index contributed by atoms with van der Waals surface area (Å²) in [6.45, 7) is 9.97. The summed E-state index contributed by atoms with van der Waals surface area (Å²) in [6.07, 6.45) is -2.07. The molecule has 0 aliphatic carbocycles. The van der Waals surface area contributed by atoms with E-state index < -0.39 is 17.8 Å². The monoisotopic (exact) mass is 550 g/mol. The Labute approximate surface area is 227 Å². The van der Waals surface area contributed by atoms with Crippen molar-refractivity contribution < 1.29 is 22.7 Å². The van der Waals surface area contributed by atoms with Crippen LogP contribution in [0.4, 0.5) is 18.9 Å². The molecule has 6 nitrogen and oxygen atoms in total. The first-order valence-electron chi connectivity index (χ1n) is 12.4. The zero-order valence-corrected chi connectivity index (χ0v) is 22.9. The number of ether oxygens (including phenoxy) is 1. The lowest BCUT2D eigenvalue weighted by molar-refractivity contribution is -0.137. The minimum Gasteiger partial charge on any atom is -0.491 e. The van der Waals surface area contributed by atoms with Gasteiger partial charge in [0.15, 0.2) is 0 Å². The third-order valence-corrected chi connectivity index (χ3v) is 6.34. The lowest BCUT2D eigenvalue weighted by Crippen LogP contribution is -2.36. The molecule has 0 spiro atoms. The van der Waals surface area contributed by atoms with Gasteiger partial charge >= 0.3 is 6.18 Å². The van der Waals surface area contributed by atoms with Gasteiger partial charge in [0.25, 0.3) is 0 Å². The third-order valence-electron chi connectivity index (χ3n) is 6.34. The van der Waals surface area contributed by atoms with Gasteiger partial charge in [-0.3, -0.25) is 14.8 Å². The highest BCUT2D eigenvalue weighted by molar-refractivity contribution is 5.95. The van der Waals surface area contributed by atoms with E-state index in [9.17, 15) is 18.0 Å². The normalized spacial score (nSPS) is 19.8. The van der Waals surface area contributed by atoms with E-state index in [1.54, 1.807) is 12.1 Å². The topological polar surface area (TPSA) is 68.2 Å². The first-order chi connectivity index (χ1) is 17.3. The van der Waals surface area contributed by atoms with Gasteiger partial charge < -0.3 is 10.1 Å². The van der Waals surface area contributed by atoms with Crippen molar-refractivity contribution in [3.63, 3.8) is 0 Å². The maximum Gasteiger partial charge on any atom is 0.416 e. The molecule has 38 heavy (non-hydrogen) atoms. The van der Waals surface area contributed by atoms with Crippen molar-refractivity contribution in [3.8, 4) is 5.75 Å². The van der Waals surface area contributed by atoms with Crippen molar-refractivity contribution in [3.05, 3.63) is 77.6 Å². The number of carbonyl (C=O) groups excluding carboxylic acids is 1. The van der Waals surface area contributed by atoms with Crippen molar-refractivity contribution in [2.45, 2.75) is 76.9 Å². The Morgan fingerprint density at radius 1 is 1.11 bits per heavy atom. The summed E-state index contributed by atoms with van der Waals surface area (Å²) >= 11 is 0. The molecule has 1 aliphatic rings. The van der Waals surface area contributed by atoms with E-state index in [0.717, 1.165) is 17.8 Å². The van der Waals surface area contributed by atoms with Crippen LogP contribution in [-0.4, -0.2) is 27.8 Å². The largest absolute Gasteiger partial charge is 0.491 e. The van der Waals surface area contributed by atoms with Gasteiger partial charge in [-0.2, -0.15) is 18.3 Å². The number of hydrogen-bond donors (Lipinski definition) is 2. The fraction of sp³-hybridized carbons (Fsp3) is 0.429. The highest BCUT2D eigenvalue weighted by Gasteiger charge is 2.41. The van der Waals surface area contributed by atoms with Gasteiger partial charge in [-0.1, -0.05) is 18.2 Å². The van der Waals surface area contributed by atoms with Gasteiger partial charge in [0.2, 0.25) is 5.91 Å². The van der Waals surface area contributed by atoms with Crippen LogP contribution in [0.25, 0.3) is 0 Å². The molecule has 1 fully saturated rings. The Balaban J connectivity index is 0.00000400. The average Bonchev–Trinajstić information content (AvgIpc) is 3.46. The first kappa shape index (κ1) is 29.5. The Morgan fingerprint density at radius 3 is 2.37 bits per heavy atom. The van der Waals surface area contributed by atoms with E-state index >= 15 is 0 Å². The van der Waals surface area contributed by atoms with Gasteiger partial charge in [-0.15, -0.1) is 12.4 Å². The quantitative estimate of drug-likeness (QED) is 0.359. The lowest BCUT2D eigenvalue weighted by atomic mass is 9.90. The zero-order valence-electron chi connectivity index (χ0n) is 22.0. The second-order valence-electron chi connectivity index (χ2n) is 10.7. The van der Waals surface area contributed by atoms with Crippen LogP contribution in [0.2, 0.25) is 0 Å². The van der Waals surface area contributed by atoms with Crippen molar-refractivity contribution in [1.82, 2.24) is 15.1 Å². The van der Waals surface area contributed by atoms with E-state index in [1.807, 2.05) is 63.7 Å². The summed E-state index contributed by atoms with van der Waals surface area (Å²) in [7, 11) is 0. The average molecular weight is 551 g/mol. The highest BCUT2D eigenvalue weighted by atomic mass is 35.5. The number of amides is 1. The summed E-state index contributed by atoms with van der Waals surface area (Å²) in [5.74, 6) is 0.225. The molecule has 0 radical (unpaired) electrons. The predicted octanol–water partition coefficient (Wildman–Crippen LogP) is 6.69. The van der Waals surface area contributed by atoms with E-state index in [-0.39, 0.29) is 41.9 Å². The molecule has 10 heteroatoms. The summed E-state index contributed by atoms with van der Waals surface area (Å²) < 4.78 is 47.0. The van der Waals surface area contributed by atoms with Crippen LogP contribution in [0.5, 0.6) is 5.75 Å². The maximum absolute atomic E-state index is 13.3. The van der Waals surface area contributed by atoms with Crippen LogP contribution in [0.1, 0.15) is 69.8 Å². The Hall–Kier alpha value is -3.04. The van der Waals surface area contributed by atoms with E-state index in [4.69, 9.17) is 9.84 Å². The molecule has 2 heterocycles. The summed E-state index contributed by atoms with van der Waals surface area (Å²) in [6, 6.07) is 13.3. The predicted molar refractivity (Wildman–Crippen MR) is 144 cm³/mol. The van der Waals surface area contributed by atoms with Crippen LogP contribution in [0.15, 0.2) is 60.8 Å². The molecular weight excluding hydrogens is 517 g/mol. The number of aromatic nitrogens is 2. The number of carbonyl (C=O) groups is 1. The summed E-state index contributed by atoms with van der Waals surface area (Å²) in [5, 5.41) is 11.1. The van der Waals surface area contributed by atoms with Crippen LogP contribution >= 0.6 is 12.4 Å². The second kappa shape index (κ2) is 11.4. The SMILES string of the molecule is CC(C)Oc1cccc(NC(=O)[C@@H]2CC(c3ccn(C(C)(C)C)n3)[C@H](c3ccc(C(F)(F)F)cc3)N2)c1.Cl. The number of nitrogens with one attached hydrogen (secondary N) is 2. The molecular formula is C28H34ClF3N4O2. The molecule has 1 unspecified atom stereocenters. The Kier molecular flexibility index (Phi) is 8.83. The number of nitrogens with zero attached hydrogens (tertiary/aromatic N) is 2. The molecule has 4 rings (SSSR count).